The lowest BCUT2D eigenvalue weighted by molar-refractivity contribution is 0.669. The molecule has 1 heterocycles. The normalized spacial score (nSPS) is 14.4. The van der Waals surface area contributed by atoms with Crippen LogP contribution in [0.15, 0.2) is 36.4 Å². The van der Waals surface area contributed by atoms with E-state index >= 15 is 0 Å². The summed E-state index contributed by atoms with van der Waals surface area (Å²) in [6.07, 6.45) is 4.68. The molecule has 0 amide bonds. The SMILES string of the molecule is Clc1cc(-c2ccccc2)c2c(n1)CCCC2. The van der Waals surface area contributed by atoms with Crippen LogP contribution >= 0.6 is 11.6 Å². The third-order valence-corrected chi connectivity index (χ3v) is 3.55. The molecule has 17 heavy (non-hydrogen) atoms. The molecule has 0 saturated carbocycles. The van der Waals surface area contributed by atoms with Crippen molar-refractivity contribution in [2.24, 2.45) is 0 Å². The molecule has 1 aromatic carbocycles. The van der Waals surface area contributed by atoms with Crippen molar-refractivity contribution in [3.63, 3.8) is 0 Å². The van der Waals surface area contributed by atoms with E-state index in [1.165, 1.54) is 35.2 Å². The highest BCUT2D eigenvalue weighted by atomic mass is 35.5. The minimum Gasteiger partial charge on any atom is -0.241 e. The molecule has 0 aliphatic heterocycles. The Morgan fingerprint density at radius 3 is 2.59 bits per heavy atom. The summed E-state index contributed by atoms with van der Waals surface area (Å²) in [5.41, 5.74) is 5.10. The van der Waals surface area contributed by atoms with Gasteiger partial charge in [-0.05, 0) is 48.4 Å². The van der Waals surface area contributed by atoms with Crippen LogP contribution in [0.1, 0.15) is 24.1 Å². The van der Waals surface area contributed by atoms with Crippen LogP contribution in [0, 0.1) is 0 Å². The first-order valence-electron chi connectivity index (χ1n) is 6.08. The Kier molecular flexibility index (Phi) is 2.86. The largest absolute Gasteiger partial charge is 0.241 e. The van der Waals surface area contributed by atoms with Gasteiger partial charge in [-0.2, -0.15) is 0 Å². The van der Waals surface area contributed by atoms with E-state index in [2.05, 4.69) is 29.2 Å². The molecular formula is C15H14ClN. The summed E-state index contributed by atoms with van der Waals surface area (Å²) in [7, 11) is 0. The molecule has 0 spiro atoms. The lowest BCUT2D eigenvalue weighted by Crippen LogP contribution is -2.07. The van der Waals surface area contributed by atoms with Gasteiger partial charge in [-0.1, -0.05) is 41.9 Å². The number of aromatic nitrogens is 1. The molecular weight excluding hydrogens is 230 g/mol. The standard InChI is InChI=1S/C15H14ClN/c16-15-10-13(11-6-2-1-3-7-11)12-8-4-5-9-14(12)17-15/h1-3,6-7,10H,4-5,8-9H2. The molecule has 3 rings (SSSR count). The van der Waals surface area contributed by atoms with Gasteiger partial charge in [0.15, 0.2) is 0 Å². The maximum absolute atomic E-state index is 6.12. The first-order valence-corrected chi connectivity index (χ1v) is 6.46. The van der Waals surface area contributed by atoms with Crippen molar-refractivity contribution in [2.75, 3.05) is 0 Å². The third kappa shape index (κ3) is 2.07. The fraction of sp³-hybridized carbons (Fsp3) is 0.267. The summed E-state index contributed by atoms with van der Waals surface area (Å²) in [5, 5.41) is 0.615. The third-order valence-electron chi connectivity index (χ3n) is 3.35. The number of nitrogens with zero attached hydrogens (tertiary/aromatic N) is 1. The van der Waals surface area contributed by atoms with Gasteiger partial charge < -0.3 is 0 Å². The average Bonchev–Trinajstić information content (AvgIpc) is 2.39. The molecule has 0 unspecified atom stereocenters. The molecule has 0 saturated heterocycles. The second kappa shape index (κ2) is 4.50. The fourth-order valence-electron chi connectivity index (χ4n) is 2.55. The number of aryl methyl sites for hydroxylation is 1. The van der Waals surface area contributed by atoms with Gasteiger partial charge in [0.1, 0.15) is 5.15 Å². The van der Waals surface area contributed by atoms with Gasteiger partial charge in [-0.3, -0.25) is 0 Å². The van der Waals surface area contributed by atoms with Crippen LogP contribution in [0.5, 0.6) is 0 Å². The van der Waals surface area contributed by atoms with Crippen LogP contribution in [0.2, 0.25) is 5.15 Å². The van der Waals surface area contributed by atoms with Gasteiger partial charge in [0, 0.05) is 5.69 Å². The Morgan fingerprint density at radius 2 is 1.76 bits per heavy atom. The number of pyridine rings is 1. The fourth-order valence-corrected chi connectivity index (χ4v) is 2.76. The maximum atomic E-state index is 6.12. The van der Waals surface area contributed by atoms with E-state index in [0.29, 0.717) is 5.15 Å². The summed E-state index contributed by atoms with van der Waals surface area (Å²) < 4.78 is 0. The predicted octanol–water partition coefficient (Wildman–Crippen LogP) is 4.28. The van der Waals surface area contributed by atoms with Gasteiger partial charge >= 0.3 is 0 Å². The van der Waals surface area contributed by atoms with Crippen molar-refractivity contribution in [2.45, 2.75) is 25.7 Å². The number of hydrogen-bond acceptors (Lipinski definition) is 1. The molecule has 0 atom stereocenters. The summed E-state index contributed by atoms with van der Waals surface area (Å²) in [5.74, 6) is 0. The Labute approximate surface area is 106 Å². The highest BCUT2D eigenvalue weighted by Crippen LogP contribution is 2.32. The van der Waals surface area contributed by atoms with Crippen LogP contribution in [0.3, 0.4) is 0 Å². The quantitative estimate of drug-likeness (QED) is 0.682. The van der Waals surface area contributed by atoms with Gasteiger partial charge in [0.25, 0.3) is 0 Å². The number of benzene rings is 1. The van der Waals surface area contributed by atoms with Crippen LogP contribution in [0.25, 0.3) is 11.1 Å². The summed E-state index contributed by atoms with van der Waals surface area (Å²) in [4.78, 5) is 4.47. The Bertz CT molecular complexity index is 534. The molecule has 0 N–H and O–H groups in total. The minimum absolute atomic E-state index is 0.615. The summed E-state index contributed by atoms with van der Waals surface area (Å²) in [6, 6.07) is 12.5. The first-order chi connectivity index (χ1) is 8.34. The average molecular weight is 244 g/mol. The molecule has 0 fully saturated rings. The molecule has 1 aliphatic rings. The van der Waals surface area contributed by atoms with Crippen LogP contribution < -0.4 is 0 Å². The minimum atomic E-state index is 0.615. The number of rotatable bonds is 1. The van der Waals surface area contributed by atoms with Gasteiger partial charge in [0.2, 0.25) is 0 Å². The first kappa shape index (κ1) is 10.8. The van der Waals surface area contributed by atoms with Crippen LogP contribution in [-0.2, 0) is 12.8 Å². The summed E-state index contributed by atoms with van der Waals surface area (Å²) in [6.45, 7) is 0. The lowest BCUT2D eigenvalue weighted by atomic mass is 9.89. The topological polar surface area (TPSA) is 12.9 Å². The maximum Gasteiger partial charge on any atom is 0.129 e. The molecule has 0 bridgehead atoms. The molecule has 0 radical (unpaired) electrons. The zero-order valence-corrected chi connectivity index (χ0v) is 10.4. The molecule has 1 aromatic heterocycles. The van der Waals surface area contributed by atoms with Crippen molar-refractivity contribution in [1.82, 2.24) is 4.98 Å². The Morgan fingerprint density at radius 1 is 1.00 bits per heavy atom. The van der Waals surface area contributed by atoms with E-state index in [9.17, 15) is 0 Å². The van der Waals surface area contributed by atoms with Gasteiger partial charge in [-0.25, -0.2) is 4.98 Å². The van der Waals surface area contributed by atoms with Crippen molar-refractivity contribution in [3.05, 3.63) is 52.8 Å². The van der Waals surface area contributed by atoms with Crippen molar-refractivity contribution >= 4 is 11.6 Å². The predicted molar refractivity (Wildman–Crippen MR) is 71.3 cm³/mol. The smallest absolute Gasteiger partial charge is 0.129 e. The second-order valence-corrected chi connectivity index (χ2v) is 4.88. The van der Waals surface area contributed by atoms with Gasteiger partial charge in [-0.15, -0.1) is 0 Å². The molecule has 1 nitrogen and oxygen atoms in total. The zero-order chi connectivity index (χ0) is 11.7. The van der Waals surface area contributed by atoms with E-state index in [1.54, 1.807) is 0 Å². The van der Waals surface area contributed by atoms with Crippen molar-refractivity contribution in [3.8, 4) is 11.1 Å². The highest BCUT2D eigenvalue weighted by Gasteiger charge is 2.16. The van der Waals surface area contributed by atoms with Crippen LogP contribution in [-0.4, -0.2) is 4.98 Å². The molecule has 1 aliphatic carbocycles. The van der Waals surface area contributed by atoms with E-state index in [1.807, 2.05) is 12.1 Å². The molecule has 2 heteroatoms. The lowest BCUT2D eigenvalue weighted by Gasteiger charge is -2.19. The van der Waals surface area contributed by atoms with Crippen molar-refractivity contribution < 1.29 is 0 Å². The molecule has 86 valence electrons. The molecule has 2 aromatic rings. The Hall–Kier alpha value is -1.34. The monoisotopic (exact) mass is 243 g/mol. The number of halogens is 1. The van der Waals surface area contributed by atoms with E-state index in [-0.39, 0.29) is 0 Å². The van der Waals surface area contributed by atoms with E-state index in [0.717, 1.165) is 12.8 Å². The van der Waals surface area contributed by atoms with Crippen LogP contribution in [0.4, 0.5) is 0 Å². The van der Waals surface area contributed by atoms with Gasteiger partial charge in [0.05, 0.1) is 0 Å². The van der Waals surface area contributed by atoms with E-state index < -0.39 is 0 Å². The number of hydrogen-bond donors (Lipinski definition) is 0. The second-order valence-electron chi connectivity index (χ2n) is 4.49. The summed E-state index contributed by atoms with van der Waals surface area (Å²) >= 11 is 6.12. The number of fused-ring (bicyclic) bond motifs is 1. The highest BCUT2D eigenvalue weighted by molar-refractivity contribution is 6.29. The Balaban J connectivity index is 2.19. The zero-order valence-electron chi connectivity index (χ0n) is 9.62. The van der Waals surface area contributed by atoms with E-state index in [4.69, 9.17) is 11.6 Å². The van der Waals surface area contributed by atoms with Crippen molar-refractivity contribution in [1.29, 1.82) is 0 Å².